The highest BCUT2D eigenvalue weighted by Gasteiger charge is 2.18. The zero-order valence-corrected chi connectivity index (χ0v) is 13.0. The van der Waals surface area contributed by atoms with E-state index in [4.69, 9.17) is 4.42 Å². The van der Waals surface area contributed by atoms with Crippen molar-refractivity contribution in [2.24, 2.45) is 0 Å². The zero-order chi connectivity index (χ0) is 16.9. The van der Waals surface area contributed by atoms with Crippen LogP contribution in [-0.4, -0.2) is 26.0 Å². The van der Waals surface area contributed by atoms with Crippen LogP contribution >= 0.6 is 0 Å². The van der Waals surface area contributed by atoms with Gasteiger partial charge in [0.15, 0.2) is 0 Å². The van der Waals surface area contributed by atoms with E-state index in [9.17, 15) is 18.3 Å². The van der Waals surface area contributed by atoms with Crippen LogP contribution in [0.25, 0.3) is 0 Å². The molecule has 0 saturated heterocycles. The van der Waals surface area contributed by atoms with E-state index in [2.05, 4.69) is 16.6 Å². The smallest absolute Gasteiger partial charge is 0.337 e. The molecule has 0 bridgehead atoms. The van der Waals surface area contributed by atoms with E-state index in [1.54, 1.807) is 12.1 Å². The van der Waals surface area contributed by atoms with Crippen LogP contribution in [0.2, 0.25) is 0 Å². The summed E-state index contributed by atoms with van der Waals surface area (Å²) in [5, 5.41) is 12.2. The Morgan fingerprint density at radius 2 is 2.13 bits per heavy atom. The number of furan rings is 1. The summed E-state index contributed by atoms with van der Waals surface area (Å²) >= 11 is 0. The number of hydrogen-bond acceptors (Lipinski definition) is 5. The average molecular weight is 336 g/mol. The molecule has 23 heavy (non-hydrogen) atoms. The highest BCUT2D eigenvalue weighted by atomic mass is 32.2. The van der Waals surface area contributed by atoms with Crippen LogP contribution in [-0.2, 0) is 16.6 Å². The Morgan fingerprint density at radius 3 is 2.74 bits per heavy atom. The molecule has 1 aromatic carbocycles. The molecule has 0 aliphatic rings. The first-order chi connectivity index (χ1) is 10.9. The van der Waals surface area contributed by atoms with Crippen molar-refractivity contribution in [2.45, 2.75) is 11.4 Å². The van der Waals surface area contributed by atoms with Gasteiger partial charge < -0.3 is 14.8 Å². The molecule has 7 nitrogen and oxygen atoms in total. The van der Waals surface area contributed by atoms with E-state index < -0.39 is 16.0 Å². The van der Waals surface area contributed by atoms with Gasteiger partial charge in [-0.05, 0) is 30.3 Å². The number of carbonyl (C=O) groups is 1. The topological polar surface area (TPSA) is 109 Å². The lowest BCUT2D eigenvalue weighted by atomic mass is 10.2. The van der Waals surface area contributed by atoms with Crippen LogP contribution in [0, 0.1) is 0 Å². The zero-order valence-electron chi connectivity index (χ0n) is 12.2. The van der Waals surface area contributed by atoms with Crippen molar-refractivity contribution in [1.29, 1.82) is 0 Å². The Balaban J connectivity index is 2.27. The van der Waals surface area contributed by atoms with E-state index in [0.29, 0.717) is 11.4 Å². The lowest BCUT2D eigenvalue weighted by molar-refractivity contribution is 0.0697. The summed E-state index contributed by atoms with van der Waals surface area (Å²) in [6.07, 6.45) is 2.91. The van der Waals surface area contributed by atoms with Crippen LogP contribution in [0.1, 0.15) is 16.1 Å². The second-order valence-corrected chi connectivity index (χ2v) is 6.35. The van der Waals surface area contributed by atoms with Gasteiger partial charge in [-0.2, -0.15) is 0 Å². The van der Waals surface area contributed by atoms with E-state index >= 15 is 0 Å². The molecule has 122 valence electrons. The van der Waals surface area contributed by atoms with Gasteiger partial charge in [-0.3, -0.25) is 0 Å². The van der Waals surface area contributed by atoms with Gasteiger partial charge in [-0.15, -0.1) is 6.58 Å². The SMILES string of the molecule is C=CCNS(=O)(=O)c1ccc(NCc2ccco2)c(C(=O)O)c1. The molecule has 0 aliphatic heterocycles. The number of hydrogen-bond donors (Lipinski definition) is 3. The van der Waals surface area contributed by atoms with Crippen molar-refractivity contribution in [1.82, 2.24) is 4.72 Å². The van der Waals surface area contributed by atoms with Gasteiger partial charge in [0.1, 0.15) is 5.76 Å². The molecular formula is C15H16N2O5S. The summed E-state index contributed by atoms with van der Waals surface area (Å²) in [6.45, 7) is 3.77. The molecule has 1 heterocycles. The Bertz CT molecular complexity index is 797. The normalized spacial score (nSPS) is 11.1. The van der Waals surface area contributed by atoms with Crippen molar-refractivity contribution in [3.8, 4) is 0 Å². The third kappa shape index (κ3) is 4.21. The molecule has 2 aromatic rings. The van der Waals surface area contributed by atoms with Gasteiger partial charge in [0, 0.05) is 12.2 Å². The fraction of sp³-hybridized carbons (Fsp3) is 0.133. The molecule has 0 radical (unpaired) electrons. The number of sulfonamides is 1. The van der Waals surface area contributed by atoms with Crippen molar-refractivity contribution in [2.75, 3.05) is 11.9 Å². The van der Waals surface area contributed by atoms with Gasteiger partial charge in [-0.25, -0.2) is 17.9 Å². The van der Waals surface area contributed by atoms with E-state index in [0.717, 1.165) is 6.07 Å². The number of anilines is 1. The van der Waals surface area contributed by atoms with Crippen LogP contribution in [0.3, 0.4) is 0 Å². The molecular weight excluding hydrogens is 320 g/mol. The molecule has 0 aliphatic carbocycles. The number of carboxylic acids is 1. The van der Waals surface area contributed by atoms with E-state index in [-0.39, 0.29) is 23.5 Å². The van der Waals surface area contributed by atoms with Crippen LogP contribution in [0.5, 0.6) is 0 Å². The maximum Gasteiger partial charge on any atom is 0.337 e. The summed E-state index contributed by atoms with van der Waals surface area (Å²) in [7, 11) is -3.78. The first kappa shape index (κ1) is 16.8. The predicted molar refractivity (Wildman–Crippen MR) is 84.8 cm³/mol. The molecule has 3 N–H and O–H groups in total. The Kier molecular flexibility index (Phi) is 5.20. The van der Waals surface area contributed by atoms with E-state index in [1.807, 2.05) is 0 Å². The van der Waals surface area contributed by atoms with Crippen LogP contribution < -0.4 is 10.0 Å². The highest BCUT2D eigenvalue weighted by molar-refractivity contribution is 7.89. The summed E-state index contributed by atoms with van der Waals surface area (Å²) in [6, 6.07) is 7.32. The monoisotopic (exact) mass is 336 g/mol. The largest absolute Gasteiger partial charge is 0.478 e. The second kappa shape index (κ2) is 7.12. The first-order valence-corrected chi connectivity index (χ1v) is 8.16. The predicted octanol–water partition coefficient (Wildman–Crippen LogP) is 2.05. The van der Waals surface area contributed by atoms with Gasteiger partial charge >= 0.3 is 5.97 Å². The maximum atomic E-state index is 12.0. The quantitative estimate of drug-likeness (QED) is 0.637. The van der Waals surface area contributed by atoms with Crippen molar-refractivity contribution >= 4 is 21.7 Å². The number of aromatic carboxylic acids is 1. The summed E-state index contributed by atoms with van der Waals surface area (Å²) in [5.41, 5.74) is 0.162. The van der Waals surface area contributed by atoms with Crippen LogP contribution in [0.15, 0.2) is 58.6 Å². The molecule has 1 aromatic heterocycles. The van der Waals surface area contributed by atoms with Crippen molar-refractivity contribution in [3.63, 3.8) is 0 Å². The van der Waals surface area contributed by atoms with Gasteiger partial charge in [0.05, 0.1) is 23.3 Å². The fourth-order valence-corrected chi connectivity index (χ4v) is 2.89. The Morgan fingerprint density at radius 1 is 1.35 bits per heavy atom. The molecule has 0 unspecified atom stereocenters. The molecule has 0 fully saturated rings. The van der Waals surface area contributed by atoms with Crippen LogP contribution in [0.4, 0.5) is 5.69 Å². The Hall–Kier alpha value is -2.58. The molecule has 8 heteroatoms. The fourth-order valence-electron chi connectivity index (χ4n) is 1.87. The molecule has 0 spiro atoms. The average Bonchev–Trinajstić information content (AvgIpc) is 3.04. The molecule has 0 atom stereocenters. The third-order valence-electron chi connectivity index (χ3n) is 2.98. The van der Waals surface area contributed by atoms with Gasteiger partial charge in [-0.1, -0.05) is 6.08 Å². The van der Waals surface area contributed by atoms with Gasteiger partial charge in [0.25, 0.3) is 0 Å². The minimum absolute atomic E-state index is 0.0588. The minimum atomic E-state index is -3.78. The maximum absolute atomic E-state index is 12.0. The summed E-state index contributed by atoms with van der Waals surface area (Å²) in [4.78, 5) is 11.3. The number of benzene rings is 1. The Labute approximate surface area is 133 Å². The summed E-state index contributed by atoms with van der Waals surface area (Å²) in [5.74, 6) is -0.599. The number of rotatable bonds is 8. The van der Waals surface area contributed by atoms with Crippen molar-refractivity contribution in [3.05, 3.63) is 60.6 Å². The molecule has 0 amide bonds. The lowest BCUT2D eigenvalue weighted by Crippen LogP contribution is -2.24. The van der Waals surface area contributed by atoms with E-state index in [1.165, 1.54) is 24.5 Å². The number of nitrogens with one attached hydrogen (secondary N) is 2. The standard InChI is InChI=1S/C15H16N2O5S/c1-2-7-17-23(20,21)12-5-6-14(13(9-12)15(18)19)16-10-11-4-3-8-22-11/h2-6,8-9,16-17H,1,7,10H2,(H,18,19). The first-order valence-electron chi connectivity index (χ1n) is 6.68. The second-order valence-electron chi connectivity index (χ2n) is 4.59. The van der Waals surface area contributed by atoms with Gasteiger partial charge in [0.2, 0.25) is 10.0 Å². The minimum Gasteiger partial charge on any atom is -0.478 e. The highest BCUT2D eigenvalue weighted by Crippen LogP contribution is 2.21. The lowest BCUT2D eigenvalue weighted by Gasteiger charge is -2.11. The molecule has 0 saturated carbocycles. The number of carboxylic acid groups (broad SMARTS) is 1. The van der Waals surface area contributed by atoms with Crippen molar-refractivity contribution < 1.29 is 22.7 Å². The summed E-state index contributed by atoms with van der Waals surface area (Å²) < 4.78 is 31.5. The third-order valence-corrected chi connectivity index (χ3v) is 4.40. The molecule has 2 rings (SSSR count).